The molecule has 1 fully saturated rings. The molecule has 14 heavy (non-hydrogen) atoms. The maximum atomic E-state index is 5.93. The zero-order valence-electron chi connectivity index (χ0n) is 8.00. The molecule has 0 heterocycles. The molecule has 1 aliphatic carbocycles. The molecule has 0 amide bonds. The van der Waals surface area contributed by atoms with Gasteiger partial charge < -0.3 is 5.73 Å². The fourth-order valence-electron chi connectivity index (χ4n) is 1.35. The highest BCUT2D eigenvalue weighted by molar-refractivity contribution is 7.99. The number of nitrogen functional groups attached to an aromatic ring is 1. The lowest BCUT2D eigenvalue weighted by Crippen LogP contribution is -1.86. The summed E-state index contributed by atoms with van der Waals surface area (Å²) in [5.74, 6) is 2.21. The molecule has 0 bridgehead atoms. The molecule has 2 N–H and O–H groups in total. The average molecular weight is 228 g/mol. The smallest absolute Gasteiger partial charge is 0.0646 e. The predicted molar refractivity (Wildman–Crippen MR) is 63.9 cm³/mol. The first kappa shape index (κ1) is 10.2. The molecule has 0 aliphatic heterocycles. The second kappa shape index (κ2) is 4.45. The topological polar surface area (TPSA) is 26.0 Å². The highest BCUT2D eigenvalue weighted by Gasteiger charge is 2.20. The summed E-state index contributed by atoms with van der Waals surface area (Å²) >= 11 is 7.80. The van der Waals surface area contributed by atoms with Crippen molar-refractivity contribution in [1.82, 2.24) is 0 Å². The summed E-state index contributed by atoms with van der Waals surface area (Å²) in [4.78, 5) is 1.23. The van der Waals surface area contributed by atoms with E-state index < -0.39 is 0 Å². The molecule has 76 valence electrons. The second-order valence-corrected chi connectivity index (χ2v) is 5.34. The molecule has 0 saturated heterocycles. The van der Waals surface area contributed by atoms with Gasteiger partial charge in [-0.2, -0.15) is 0 Å². The van der Waals surface area contributed by atoms with Gasteiger partial charge in [0.25, 0.3) is 0 Å². The maximum absolute atomic E-state index is 5.93. The van der Waals surface area contributed by atoms with E-state index >= 15 is 0 Å². The zero-order chi connectivity index (χ0) is 9.97. The quantitative estimate of drug-likeness (QED) is 0.625. The fraction of sp³-hybridized carbons (Fsp3) is 0.455. The van der Waals surface area contributed by atoms with E-state index in [2.05, 4.69) is 0 Å². The van der Waals surface area contributed by atoms with Gasteiger partial charge in [0, 0.05) is 4.90 Å². The summed E-state index contributed by atoms with van der Waals surface area (Å²) in [7, 11) is 0. The molecule has 1 aromatic carbocycles. The van der Waals surface area contributed by atoms with Crippen LogP contribution in [0.15, 0.2) is 23.1 Å². The predicted octanol–water partition coefficient (Wildman–Crippen LogP) is 3.81. The van der Waals surface area contributed by atoms with Crippen LogP contribution in [0.25, 0.3) is 0 Å². The van der Waals surface area contributed by atoms with Crippen molar-refractivity contribution in [3.63, 3.8) is 0 Å². The van der Waals surface area contributed by atoms with Crippen molar-refractivity contribution in [3.05, 3.63) is 23.2 Å². The molecule has 1 aliphatic rings. The van der Waals surface area contributed by atoms with Crippen molar-refractivity contribution >= 4 is 29.1 Å². The molecule has 3 heteroatoms. The number of thioether (sulfide) groups is 1. The average Bonchev–Trinajstić information content (AvgIpc) is 2.95. The zero-order valence-corrected chi connectivity index (χ0v) is 9.57. The van der Waals surface area contributed by atoms with Crippen molar-refractivity contribution in [3.8, 4) is 0 Å². The Kier molecular flexibility index (Phi) is 3.24. The molecular formula is C11H14ClNS. The lowest BCUT2D eigenvalue weighted by atomic mass is 10.3. The summed E-state index contributed by atoms with van der Waals surface area (Å²) in [6, 6.07) is 5.87. The van der Waals surface area contributed by atoms with Gasteiger partial charge in [0.15, 0.2) is 0 Å². The van der Waals surface area contributed by atoms with Crippen LogP contribution < -0.4 is 5.73 Å². The van der Waals surface area contributed by atoms with Gasteiger partial charge in [-0.3, -0.25) is 0 Å². The Hall–Kier alpha value is -0.340. The monoisotopic (exact) mass is 227 g/mol. The Morgan fingerprint density at radius 1 is 1.43 bits per heavy atom. The summed E-state index contributed by atoms with van der Waals surface area (Å²) in [6.07, 6.45) is 4.21. The van der Waals surface area contributed by atoms with Crippen molar-refractivity contribution in [2.45, 2.75) is 24.2 Å². The molecule has 1 saturated carbocycles. The van der Waals surface area contributed by atoms with Gasteiger partial charge in [0.05, 0.1) is 10.7 Å². The lowest BCUT2D eigenvalue weighted by Gasteiger charge is -2.03. The van der Waals surface area contributed by atoms with Crippen LogP contribution in [0.2, 0.25) is 5.02 Å². The third-order valence-corrected chi connectivity index (χ3v) is 3.82. The van der Waals surface area contributed by atoms with E-state index in [1.807, 2.05) is 30.0 Å². The molecule has 0 atom stereocenters. The van der Waals surface area contributed by atoms with Gasteiger partial charge in [-0.05, 0) is 36.3 Å². The van der Waals surface area contributed by atoms with Gasteiger partial charge in [-0.1, -0.05) is 24.4 Å². The van der Waals surface area contributed by atoms with E-state index in [0.29, 0.717) is 10.7 Å². The summed E-state index contributed by atoms with van der Waals surface area (Å²) in [5, 5.41) is 0.668. The number of halogens is 1. The van der Waals surface area contributed by atoms with E-state index in [1.165, 1.54) is 29.9 Å². The first-order chi connectivity index (χ1) is 6.75. The van der Waals surface area contributed by atoms with Crippen molar-refractivity contribution in [1.29, 1.82) is 0 Å². The Bertz CT molecular complexity index is 323. The highest BCUT2D eigenvalue weighted by Crippen LogP contribution is 2.35. The van der Waals surface area contributed by atoms with E-state index in [9.17, 15) is 0 Å². The number of benzene rings is 1. The minimum absolute atomic E-state index is 0.665. The highest BCUT2D eigenvalue weighted by atomic mass is 35.5. The second-order valence-electron chi connectivity index (χ2n) is 3.76. The van der Waals surface area contributed by atoms with Crippen LogP contribution in [0.1, 0.15) is 19.3 Å². The van der Waals surface area contributed by atoms with Crippen molar-refractivity contribution in [2.24, 2.45) is 5.92 Å². The minimum atomic E-state index is 0.665. The number of nitrogens with two attached hydrogens (primary N) is 1. The molecule has 0 aromatic heterocycles. The van der Waals surface area contributed by atoms with E-state index in [0.717, 1.165) is 5.92 Å². The van der Waals surface area contributed by atoms with Crippen molar-refractivity contribution < 1.29 is 0 Å². The van der Waals surface area contributed by atoms with Crippen LogP contribution in [0.5, 0.6) is 0 Å². The van der Waals surface area contributed by atoms with Gasteiger partial charge in [0.1, 0.15) is 0 Å². The SMILES string of the molecule is Nc1ccc(SCCC2CC2)cc1Cl. The molecule has 1 nitrogen and oxygen atoms in total. The van der Waals surface area contributed by atoms with Crippen LogP contribution in [0.4, 0.5) is 5.69 Å². The molecule has 0 unspecified atom stereocenters. The largest absolute Gasteiger partial charge is 0.398 e. The van der Waals surface area contributed by atoms with Crippen molar-refractivity contribution in [2.75, 3.05) is 11.5 Å². The van der Waals surface area contributed by atoms with E-state index in [4.69, 9.17) is 17.3 Å². The maximum Gasteiger partial charge on any atom is 0.0646 e. The lowest BCUT2D eigenvalue weighted by molar-refractivity contribution is 0.809. The van der Waals surface area contributed by atoms with Crippen LogP contribution in [-0.2, 0) is 0 Å². The first-order valence-electron chi connectivity index (χ1n) is 4.93. The van der Waals surface area contributed by atoms with Gasteiger partial charge in [-0.25, -0.2) is 0 Å². The molecule has 1 aromatic rings. The Balaban J connectivity index is 1.85. The van der Waals surface area contributed by atoms with E-state index in [-0.39, 0.29) is 0 Å². The third-order valence-electron chi connectivity index (χ3n) is 2.46. The fourth-order valence-corrected chi connectivity index (χ4v) is 2.65. The van der Waals surface area contributed by atoms with E-state index in [1.54, 1.807) is 0 Å². The van der Waals surface area contributed by atoms with Crippen LogP contribution >= 0.6 is 23.4 Å². The normalized spacial score (nSPS) is 15.8. The first-order valence-corrected chi connectivity index (χ1v) is 6.30. The summed E-state index contributed by atoms with van der Waals surface area (Å²) in [5.41, 5.74) is 6.30. The number of rotatable bonds is 4. The summed E-state index contributed by atoms with van der Waals surface area (Å²) < 4.78 is 0. The number of anilines is 1. The van der Waals surface area contributed by atoms with Gasteiger partial charge >= 0.3 is 0 Å². The minimum Gasteiger partial charge on any atom is -0.398 e. The standard InChI is InChI=1S/C11H14ClNS/c12-10-7-9(3-4-11(10)13)14-6-5-8-1-2-8/h3-4,7-8H,1-2,5-6,13H2. The van der Waals surface area contributed by atoms with Crippen LogP contribution in [0, 0.1) is 5.92 Å². The molecule has 0 spiro atoms. The van der Waals surface area contributed by atoms with Gasteiger partial charge in [0.2, 0.25) is 0 Å². The summed E-state index contributed by atoms with van der Waals surface area (Å²) in [6.45, 7) is 0. The van der Waals surface area contributed by atoms with Gasteiger partial charge in [-0.15, -0.1) is 11.8 Å². The Labute approximate surface area is 94.0 Å². The third kappa shape index (κ3) is 2.82. The Morgan fingerprint density at radius 3 is 2.86 bits per heavy atom. The van der Waals surface area contributed by atoms with Crippen LogP contribution in [0.3, 0.4) is 0 Å². The molecular weight excluding hydrogens is 214 g/mol. The number of hydrogen-bond donors (Lipinski definition) is 1. The molecule has 2 rings (SSSR count). The number of hydrogen-bond acceptors (Lipinski definition) is 2. The Morgan fingerprint density at radius 2 is 2.21 bits per heavy atom. The molecule has 0 radical (unpaired) electrons. The van der Waals surface area contributed by atoms with Crippen LogP contribution in [-0.4, -0.2) is 5.75 Å².